The number of hydrogen-bond donors (Lipinski definition) is 1. The Morgan fingerprint density at radius 3 is 2.05 bits per heavy atom. The summed E-state index contributed by atoms with van der Waals surface area (Å²) in [5.74, 6) is -1.52. The molecule has 0 fully saturated rings. The third-order valence-corrected chi connectivity index (χ3v) is 7.83. The lowest BCUT2D eigenvalue weighted by atomic mass is 10.1. The quantitative estimate of drug-likeness (QED) is 0.354. The molecule has 0 saturated carbocycles. The van der Waals surface area contributed by atoms with E-state index in [1.807, 2.05) is 0 Å². The Kier molecular flexibility index (Phi) is 9.76. The summed E-state index contributed by atoms with van der Waals surface area (Å²) in [6.45, 7) is 4.42. The molecule has 2 amide bonds. The second-order valence-electron chi connectivity index (χ2n) is 8.94. The molecule has 202 valence electrons. The van der Waals surface area contributed by atoms with Gasteiger partial charge in [0, 0.05) is 22.6 Å². The maximum absolute atomic E-state index is 13.8. The minimum Gasteiger partial charge on any atom is -0.352 e. The summed E-state index contributed by atoms with van der Waals surface area (Å²) >= 11 is 12.3. The Balaban J connectivity index is 2.05. The van der Waals surface area contributed by atoms with Crippen molar-refractivity contribution in [2.45, 2.75) is 44.3 Å². The number of amides is 2. The topological polar surface area (TPSA) is 86.8 Å². The van der Waals surface area contributed by atoms with Crippen molar-refractivity contribution in [1.29, 1.82) is 0 Å². The number of halogens is 3. The molecule has 0 heterocycles. The van der Waals surface area contributed by atoms with Crippen molar-refractivity contribution in [1.82, 2.24) is 10.2 Å². The number of carbonyl (C=O) groups is 2. The molecule has 0 bridgehead atoms. The van der Waals surface area contributed by atoms with Crippen molar-refractivity contribution < 1.29 is 22.4 Å². The largest absolute Gasteiger partial charge is 0.352 e. The van der Waals surface area contributed by atoms with Gasteiger partial charge in [-0.1, -0.05) is 53.5 Å². The van der Waals surface area contributed by atoms with Crippen LogP contribution >= 0.6 is 23.2 Å². The number of nitrogens with one attached hydrogen (secondary N) is 1. The fourth-order valence-electron chi connectivity index (χ4n) is 3.71. The minimum atomic E-state index is -4.24. The molecule has 1 N–H and O–H groups in total. The highest BCUT2D eigenvalue weighted by molar-refractivity contribution is 7.92. The van der Waals surface area contributed by atoms with Crippen molar-refractivity contribution in [2.75, 3.05) is 10.8 Å². The number of hydrogen-bond acceptors (Lipinski definition) is 4. The van der Waals surface area contributed by atoms with E-state index in [0.29, 0.717) is 5.56 Å². The van der Waals surface area contributed by atoms with E-state index in [-0.39, 0.29) is 33.2 Å². The lowest BCUT2D eigenvalue weighted by Gasteiger charge is -2.32. The standard InChI is InChI=1S/C27H28Cl2FN3O4S/c1-18(2)31-27(35)19(3)32(16-20-9-11-23(30)12-10-20)26(34)17-33(24-14-21(28)13-22(29)15-24)38(36,37)25-7-5-4-6-8-25/h4-15,18-19H,16-17H2,1-3H3,(H,31,35)/t19-/m0/s1. The van der Waals surface area contributed by atoms with Crippen LogP contribution in [0.4, 0.5) is 10.1 Å². The third kappa shape index (κ3) is 7.46. The van der Waals surface area contributed by atoms with Crippen LogP contribution in [0.25, 0.3) is 0 Å². The third-order valence-electron chi connectivity index (χ3n) is 5.61. The average Bonchev–Trinajstić information content (AvgIpc) is 2.85. The van der Waals surface area contributed by atoms with Crippen LogP contribution in [0.1, 0.15) is 26.3 Å². The Labute approximate surface area is 232 Å². The highest BCUT2D eigenvalue weighted by atomic mass is 35.5. The van der Waals surface area contributed by atoms with Crippen LogP contribution in [0.2, 0.25) is 10.0 Å². The lowest BCUT2D eigenvalue weighted by Crippen LogP contribution is -2.52. The summed E-state index contributed by atoms with van der Waals surface area (Å²) in [4.78, 5) is 27.9. The van der Waals surface area contributed by atoms with Gasteiger partial charge in [0.1, 0.15) is 18.4 Å². The maximum Gasteiger partial charge on any atom is 0.264 e. The zero-order valence-corrected chi connectivity index (χ0v) is 23.4. The van der Waals surface area contributed by atoms with Gasteiger partial charge in [-0.2, -0.15) is 0 Å². The highest BCUT2D eigenvalue weighted by Crippen LogP contribution is 2.30. The highest BCUT2D eigenvalue weighted by Gasteiger charge is 2.33. The lowest BCUT2D eigenvalue weighted by molar-refractivity contribution is -0.139. The van der Waals surface area contributed by atoms with Gasteiger partial charge in [-0.05, 0) is 68.8 Å². The summed E-state index contributed by atoms with van der Waals surface area (Å²) < 4.78 is 41.8. The van der Waals surface area contributed by atoms with Gasteiger partial charge in [-0.25, -0.2) is 12.8 Å². The first kappa shape index (κ1) is 29.4. The van der Waals surface area contributed by atoms with Crippen molar-refractivity contribution in [3.05, 3.63) is 94.2 Å². The molecule has 7 nitrogen and oxygen atoms in total. The molecule has 0 aliphatic carbocycles. The number of sulfonamides is 1. The molecule has 38 heavy (non-hydrogen) atoms. The van der Waals surface area contributed by atoms with E-state index < -0.39 is 40.2 Å². The molecular weight excluding hydrogens is 552 g/mol. The van der Waals surface area contributed by atoms with Crippen molar-refractivity contribution >= 4 is 50.7 Å². The fraction of sp³-hybridized carbons (Fsp3) is 0.259. The van der Waals surface area contributed by atoms with Gasteiger partial charge < -0.3 is 10.2 Å². The monoisotopic (exact) mass is 579 g/mol. The van der Waals surface area contributed by atoms with Crippen molar-refractivity contribution in [2.24, 2.45) is 0 Å². The van der Waals surface area contributed by atoms with Crippen molar-refractivity contribution in [3.63, 3.8) is 0 Å². The summed E-state index contributed by atoms with van der Waals surface area (Å²) in [6, 6.07) is 16.2. The van der Waals surface area contributed by atoms with Crippen LogP contribution in [-0.2, 0) is 26.2 Å². The van der Waals surface area contributed by atoms with Crippen LogP contribution in [0.3, 0.4) is 0 Å². The molecule has 0 saturated heterocycles. The number of rotatable bonds is 10. The molecule has 0 spiro atoms. The SMILES string of the molecule is CC(C)NC(=O)[C@H](C)N(Cc1ccc(F)cc1)C(=O)CN(c1cc(Cl)cc(Cl)c1)S(=O)(=O)c1ccccc1. The van der Waals surface area contributed by atoms with Crippen LogP contribution in [0.5, 0.6) is 0 Å². The summed E-state index contributed by atoms with van der Waals surface area (Å²) in [5.41, 5.74) is 0.646. The van der Waals surface area contributed by atoms with E-state index in [4.69, 9.17) is 23.2 Å². The van der Waals surface area contributed by atoms with E-state index >= 15 is 0 Å². The van der Waals surface area contributed by atoms with Gasteiger partial charge in [0.25, 0.3) is 10.0 Å². The van der Waals surface area contributed by atoms with E-state index in [9.17, 15) is 22.4 Å². The van der Waals surface area contributed by atoms with Crippen LogP contribution < -0.4 is 9.62 Å². The van der Waals surface area contributed by atoms with Gasteiger partial charge >= 0.3 is 0 Å². The molecule has 0 radical (unpaired) electrons. The van der Waals surface area contributed by atoms with Gasteiger partial charge in [0.15, 0.2) is 0 Å². The van der Waals surface area contributed by atoms with E-state index in [1.54, 1.807) is 39.0 Å². The van der Waals surface area contributed by atoms with Gasteiger partial charge in [0.2, 0.25) is 11.8 Å². The Hall–Kier alpha value is -3.14. The average molecular weight is 581 g/mol. The summed E-state index contributed by atoms with van der Waals surface area (Å²) in [7, 11) is -4.24. The van der Waals surface area contributed by atoms with Crippen LogP contribution in [0.15, 0.2) is 77.7 Å². The van der Waals surface area contributed by atoms with Crippen LogP contribution in [-0.4, -0.2) is 43.8 Å². The number of benzene rings is 3. The molecular formula is C27H28Cl2FN3O4S. The molecule has 0 unspecified atom stereocenters. The second kappa shape index (κ2) is 12.6. The van der Waals surface area contributed by atoms with E-state index in [1.165, 1.54) is 59.5 Å². The van der Waals surface area contributed by atoms with Crippen LogP contribution in [0, 0.1) is 5.82 Å². The predicted molar refractivity (Wildman–Crippen MR) is 147 cm³/mol. The Morgan fingerprint density at radius 1 is 0.921 bits per heavy atom. The number of carbonyl (C=O) groups excluding carboxylic acids is 2. The molecule has 1 atom stereocenters. The molecule has 11 heteroatoms. The fourth-order valence-corrected chi connectivity index (χ4v) is 5.64. The zero-order chi connectivity index (χ0) is 28.0. The molecule has 3 rings (SSSR count). The van der Waals surface area contributed by atoms with Gasteiger partial charge in [-0.15, -0.1) is 0 Å². The molecule has 0 aliphatic heterocycles. The smallest absolute Gasteiger partial charge is 0.264 e. The first-order valence-electron chi connectivity index (χ1n) is 11.8. The van der Waals surface area contributed by atoms with Crippen molar-refractivity contribution in [3.8, 4) is 0 Å². The summed E-state index contributed by atoms with van der Waals surface area (Å²) in [5, 5.41) is 3.13. The molecule has 3 aromatic carbocycles. The zero-order valence-electron chi connectivity index (χ0n) is 21.1. The first-order chi connectivity index (χ1) is 17.9. The molecule has 3 aromatic rings. The van der Waals surface area contributed by atoms with Gasteiger partial charge in [0.05, 0.1) is 10.6 Å². The Morgan fingerprint density at radius 2 is 1.50 bits per heavy atom. The molecule has 0 aromatic heterocycles. The van der Waals surface area contributed by atoms with E-state index in [0.717, 1.165) is 4.31 Å². The molecule has 0 aliphatic rings. The normalized spacial score (nSPS) is 12.2. The minimum absolute atomic E-state index is 0.0421. The number of anilines is 1. The summed E-state index contributed by atoms with van der Waals surface area (Å²) in [6.07, 6.45) is 0. The number of nitrogens with zero attached hydrogens (tertiary/aromatic N) is 2. The second-order valence-corrected chi connectivity index (χ2v) is 11.7. The Bertz CT molecular complexity index is 1370. The van der Waals surface area contributed by atoms with E-state index in [2.05, 4.69) is 5.32 Å². The maximum atomic E-state index is 13.8. The van der Waals surface area contributed by atoms with Gasteiger partial charge in [-0.3, -0.25) is 13.9 Å². The first-order valence-corrected chi connectivity index (χ1v) is 14.0. The predicted octanol–water partition coefficient (Wildman–Crippen LogP) is 5.27.